The van der Waals surface area contributed by atoms with Crippen LogP contribution in [0.25, 0.3) is 17.3 Å². The summed E-state index contributed by atoms with van der Waals surface area (Å²) in [6.07, 6.45) is 1.64. The molecule has 0 aliphatic heterocycles. The number of nitrogens with zero attached hydrogens (tertiary/aromatic N) is 1. The molecule has 238 valence electrons. The highest BCUT2D eigenvalue weighted by molar-refractivity contribution is 8.00. The van der Waals surface area contributed by atoms with Gasteiger partial charge in [-0.25, -0.2) is 4.98 Å². The van der Waals surface area contributed by atoms with Crippen molar-refractivity contribution in [2.45, 2.75) is 17.1 Å². The Morgan fingerprint density at radius 2 is 1.52 bits per heavy atom. The van der Waals surface area contributed by atoms with E-state index in [4.69, 9.17) is 4.98 Å². The third-order valence-electron chi connectivity index (χ3n) is 7.14. The lowest BCUT2D eigenvalue weighted by Gasteiger charge is -2.17. The zero-order valence-corrected chi connectivity index (χ0v) is 28.2. The number of benzene rings is 4. The first-order chi connectivity index (χ1) is 23.4. The first-order valence-electron chi connectivity index (χ1n) is 15.0. The number of thiazole rings is 1. The zero-order valence-electron chi connectivity index (χ0n) is 25.8. The summed E-state index contributed by atoms with van der Waals surface area (Å²) in [7, 11) is 0. The first kappa shape index (κ1) is 32.6. The van der Waals surface area contributed by atoms with Gasteiger partial charge in [0.25, 0.3) is 11.8 Å². The molecule has 0 saturated carbocycles. The molecular weight excluding hydrogens is 657 g/mol. The molecule has 0 saturated heterocycles. The molecule has 6 rings (SSSR count). The molecule has 0 aliphatic rings. The lowest BCUT2D eigenvalue weighted by Crippen LogP contribution is -2.30. The lowest BCUT2D eigenvalue weighted by atomic mass is 10.1. The largest absolute Gasteiger partial charge is 0.321 e. The average Bonchev–Trinajstić information content (AvgIpc) is 3.77. The Balaban J connectivity index is 1.20. The Morgan fingerprint density at radius 3 is 2.23 bits per heavy atom. The summed E-state index contributed by atoms with van der Waals surface area (Å²) in [6.45, 7) is 1.99. The van der Waals surface area contributed by atoms with Crippen LogP contribution in [-0.4, -0.2) is 22.7 Å². The summed E-state index contributed by atoms with van der Waals surface area (Å²) in [5, 5.41) is 12.4. The molecule has 0 aliphatic carbocycles. The molecule has 0 spiro atoms. The van der Waals surface area contributed by atoms with Gasteiger partial charge in [-0.3, -0.25) is 14.4 Å². The highest BCUT2D eigenvalue weighted by atomic mass is 32.2. The molecule has 2 heterocycles. The maximum absolute atomic E-state index is 13.8. The Morgan fingerprint density at radius 1 is 0.812 bits per heavy atom. The van der Waals surface area contributed by atoms with Gasteiger partial charge in [0.2, 0.25) is 5.91 Å². The van der Waals surface area contributed by atoms with Gasteiger partial charge in [0.1, 0.15) is 10.9 Å². The van der Waals surface area contributed by atoms with Gasteiger partial charge in [-0.05, 0) is 71.3 Å². The van der Waals surface area contributed by atoms with Gasteiger partial charge in [0.15, 0.2) is 5.13 Å². The van der Waals surface area contributed by atoms with Crippen LogP contribution in [0.4, 0.5) is 10.8 Å². The van der Waals surface area contributed by atoms with Crippen LogP contribution in [-0.2, 0) is 9.59 Å². The van der Waals surface area contributed by atoms with Crippen LogP contribution < -0.4 is 16.0 Å². The number of anilines is 2. The van der Waals surface area contributed by atoms with E-state index in [9.17, 15) is 14.4 Å². The molecule has 48 heavy (non-hydrogen) atoms. The highest BCUT2D eigenvalue weighted by Gasteiger charge is 2.24. The Labute approximate surface area is 290 Å². The van der Waals surface area contributed by atoms with Crippen molar-refractivity contribution in [2.24, 2.45) is 0 Å². The SMILES string of the molecule is Cc1sc(NC(=O)C(Sc2cccc(NC(=O)/C(=C/c3ccsc3)NC(=O)c3ccccc3)c2)c2ccccc2)nc1-c1ccccc1. The van der Waals surface area contributed by atoms with Gasteiger partial charge >= 0.3 is 0 Å². The second-order valence-corrected chi connectivity index (χ2v) is 13.8. The van der Waals surface area contributed by atoms with Gasteiger partial charge in [-0.1, -0.05) is 84.9 Å². The van der Waals surface area contributed by atoms with Crippen LogP contribution in [0.3, 0.4) is 0 Å². The molecule has 2 aromatic heterocycles. The molecule has 7 nitrogen and oxygen atoms in total. The smallest absolute Gasteiger partial charge is 0.272 e. The van der Waals surface area contributed by atoms with E-state index in [1.54, 1.807) is 36.4 Å². The lowest BCUT2D eigenvalue weighted by molar-refractivity contribution is -0.116. The standard InChI is InChI=1S/C38H30N4O3S3/c1-25-33(27-12-5-2-6-13-27)41-38(47-25)42-37(45)34(28-14-7-3-8-15-28)48-31-19-11-18-30(23-31)39-36(44)32(22-26-20-21-46-24-26)40-35(43)29-16-9-4-10-17-29/h2-24,34H,1H3,(H,39,44)(H,40,43)(H,41,42,45)/b32-22-. The zero-order chi connectivity index (χ0) is 33.3. The first-order valence-corrected chi connectivity index (χ1v) is 17.6. The maximum Gasteiger partial charge on any atom is 0.272 e. The number of aromatic nitrogens is 1. The van der Waals surface area contributed by atoms with E-state index >= 15 is 0 Å². The molecule has 10 heteroatoms. The molecule has 1 unspecified atom stereocenters. The van der Waals surface area contributed by atoms with Crippen LogP contribution in [0, 0.1) is 6.92 Å². The predicted molar refractivity (Wildman–Crippen MR) is 197 cm³/mol. The number of rotatable bonds is 11. The van der Waals surface area contributed by atoms with Crippen molar-refractivity contribution < 1.29 is 14.4 Å². The summed E-state index contributed by atoms with van der Waals surface area (Å²) < 4.78 is 0. The number of hydrogen-bond acceptors (Lipinski definition) is 7. The Hall–Kier alpha value is -5.29. The van der Waals surface area contributed by atoms with Gasteiger partial charge < -0.3 is 16.0 Å². The third-order valence-corrected chi connectivity index (χ3v) is 9.98. The fourth-order valence-corrected chi connectivity index (χ4v) is 7.37. The van der Waals surface area contributed by atoms with Crippen molar-refractivity contribution in [3.05, 3.63) is 159 Å². The third kappa shape index (κ3) is 8.34. The van der Waals surface area contributed by atoms with E-state index in [2.05, 4.69) is 16.0 Å². The van der Waals surface area contributed by atoms with Gasteiger partial charge in [0.05, 0.1) is 5.69 Å². The van der Waals surface area contributed by atoms with Crippen molar-refractivity contribution in [3.63, 3.8) is 0 Å². The summed E-state index contributed by atoms with van der Waals surface area (Å²) in [4.78, 5) is 46.8. The van der Waals surface area contributed by atoms with Crippen molar-refractivity contribution in [1.29, 1.82) is 0 Å². The Kier molecular flexibility index (Phi) is 10.6. The van der Waals surface area contributed by atoms with Gasteiger partial charge in [0, 0.05) is 26.6 Å². The molecule has 0 bridgehead atoms. The second-order valence-electron chi connectivity index (χ2n) is 10.6. The van der Waals surface area contributed by atoms with E-state index in [0.29, 0.717) is 16.4 Å². The number of thiophene rings is 1. The predicted octanol–water partition coefficient (Wildman–Crippen LogP) is 9.06. The minimum absolute atomic E-state index is 0.107. The minimum atomic E-state index is -0.597. The van der Waals surface area contributed by atoms with Gasteiger partial charge in [-0.2, -0.15) is 11.3 Å². The number of carbonyl (C=O) groups is 3. The van der Waals surface area contributed by atoms with Crippen molar-refractivity contribution >= 4 is 69.1 Å². The molecule has 4 aromatic carbocycles. The molecule has 0 fully saturated rings. The van der Waals surface area contributed by atoms with E-state index in [1.165, 1.54) is 34.4 Å². The number of carbonyl (C=O) groups excluding carboxylic acids is 3. The van der Waals surface area contributed by atoms with Crippen molar-refractivity contribution in [3.8, 4) is 11.3 Å². The van der Waals surface area contributed by atoms with E-state index < -0.39 is 11.2 Å². The summed E-state index contributed by atoms with van der Waals surface area (Å²) in [5.74, 6) is -1.07. The second kappa shape index (κ2) is 15.5. The number of nitrogens with one attached hydrogen (secondary N) is 3. The van der Waals surface area contributed by atoms with Crippen LogP contribution in [0.5, 0.6) is 0 Å². The summed E-state index contributed by atoms with van der Waals surface area (Å²) in [5.41, 5.74) is 4.53. The molecule has 1 atom stereocenters. The molecule has 3 N–H and O–H groups in total. The number of hydrogen-bond donors (Lipinski definition) is 3. The van der Waals surface area contributed by atoms with Crippen LogP contribution in [0.15, 0.2) is 143 Å². The maximum atomic E-state index is 13.8. The number of thioether (sulfide) groups is 1. The molecular formula is C38H30N4O3S3. The topological polar surface area (TPSA) is 100 Å². The summed E-state index contributed by atoms with van der Waals surface area (Å²) >= 11 is 4.30. The van der Waals surface area contributed by atoms with E-state index in [-0.39, 0.29) is 17.5 Å². The fraction of sp³-hybridized carbons (Fsp3) is 0.0526. The van der Waals surface area contributed by atoms with E-state index in [1.807, 2.05) is 109 Å². The van der Waals surface area contributed by atoms with E-state index in [0.717, 1.165) is 32.2 Å². The monoisotopic (exact) mass is 686 g/mol. The van der Waals surface area contributed by atoms with Gasteiger partial charge in [-0.15, -0.1) is 23.1 Å². The van der Waals surface area contributed by atoms with Crippen molar-refractivity contribution in [1.82, 2.24) is 10.3 Å². The van der Waals surface area contributed by atoms with Crippen LogP contribution in [0.1, 0.15) is 31.6 Å². The van der Waals surface area contributed by atoms with Crippen molar-refractivity contribution in [2.75, 3.05) is 10.6 Å². The molecule has 6 aromatic rings. The minimum Gasteiger partial charge on any atom is -0.321 e. The van der Waals surface area contributed by atoms with Crippen LogP contribution in [0.2, 0.25) is 0 Å². The Bertz CT molecular complexity index is 2050. The highest BCUT2D eigenvalue weighted by Crippen LogP contribution is 2.38. The molecule has 3 amide bonds. The number of amides is 3. The number of aryl methyl sites for hydroxylation is 1. The quantitative estimate of drug-likeness (QED) is 0.0933. The van der Waals surface area contributed by atoms with Crippen LogP contribution >= 0.6 is 34.4 Å². The average molecular weight is 687 g/mol. The summed E-state index contributed by atoms with van der Waals surface area (Å²) in [6, 6.07) is 37.3. The fourth-order valence-electron chi connectivity index (χ4n) is 4.83. The molecule has 0 radical (unpaired) electrons. The normalized spacial score (nSPS) is 11.8.